The lowest BCUT2D eigenvalue weighted by atomic mass is 9.81. The van der Waals surface area contributed by atoms with Crippen LogP contribution in [0.25, 0.3) is 33.0 Å². The molecule has 0 atom stereocenters. The Morgan fingerprint density at radius 3 is 2.22 bits per heavy atom. The molecule has 5 rings (SSSR count). The quantitative estimate of drug-likeness (QED) is 0.388. The summed E-state index contributed by atoms with van der Waals surface area (Å²) in [6.45, 7) is 4.38. The van der Waals surface area contributed by atoms with E-state index < -0.39 is 0 Å². The Morgan fingerprint density at radius 1 is 0.781 bits per heavy atom. The van der Waals surface area contributed by atoms with Crippen molar-refractivity contribution in [3.63, 3.8) is 0 Å². The van der Waals surface area contributed by atoms with Crippen molar-refractivity contribution in [3.8, 4) is 39.5 Å². The standard InChI is InChI=1S/C28H24O4/c1-28(2)22-8-6-5-7-18(22)27-21-13-26(32-4)20(12-19(21)24(30)14-23(27)28)17-10-9-16(15-29)11-25(17)31-3/h5-15,30H,1-4H3. The van der Waals surface area contributed by atoms with Crippen LogP contribution in [0.2, 0.25) is 0 Å². The average Bonchev–Trinajstić information content (AvgIpc) is 3.04. The number of benzene rings is 4. The predicted molar refractivity (Wildman–Crippen MR) is 127 cm³/mol. The number of aldehydes is 1. The van der Waals surface area contributed by atoms with Gasteiger partial charge in [0.15, 0.2) is 0 Å². The van der Waals surface area contributed by atoms with Crippen LogP contribution in [0.15, 0.2) is 60.7 Å². The van der Waals surface area contributed by atoms with E-state index in [1.54, 1.807) is 26.4 Å². The second-order valence-corrected chi connectivity index (χ2v) is 8.66. The van der Waals surface area contributed by atoms with E-state index in [4.69, 9.17) is 9.47 Å². The van der Waals surface area contributed by atoms with E-state index in [1.807, 2.05) is 30.3 Å². The van der Waals surface area contributed by atoms with Gasteiger partial charge in [-0.05, 0) is 58.0 Å². The molecule has 0 saturated carbocycles. The van der Waals surface area contributed by atoms with Gasteiger partial charge in [0.05, 0.1) is 14.2 Å². The molecule has 1 aliphatic carbocycles. The molecule has 4 aromatic carbocycles. The fourth-order valence-corrected chi connectivity index (χ4v) is 4.99. The molecule has 0 radical (unpaired) electrons. The molecular formula is C28H24O4. The number of ether oxygens (including phenoxy) is 2. The molecule has 4 heteroatoms. The maximum absolute atomic E-state index is 11.2. The third-order valence-electron chi connectivity index (χ3n) is 6.63. The van der Waals surface area contributed by atoms with Gasteiger partial charge >= 0.3 is 0 Å². The van der Waals surface area contributed by atoms with E-state index in [2.05, 4.69) is 32.0 Å². The van der Waals surface area contributed by atoms with Gasteiger partial charge in [-0.1, -0.05) is 44.2 Å². The lowest BCUT2D eigenvalue weighted by Crippen LogP contribution is -2.14. The third-order valence-corrected chi connectivity index (χ3v) is 6.63. The summed E-state index contributed by atoms with van der Waals surface area (Å²) in [4.78, 5) is 11.2. The van der Waals surface area contributed by atoms with Crippen molar-refractivity contribution < 1.29 is 19.4 Å². The van der Waals surface area contributed by atoms with Crippen LogP contribution in [0.5, 0.6) is 17.2 Å². The molecule has 4 aromatic rings. The van der Waals surface area contributed by atoms with Gasteiger partial charge in [-0.25, -0.2) is 0 Å². The van der Waals surface area contributed by atoms with Crippen molar-refractivity contribution in [1.82, 2.24) is 0 Å². The van der Waals surface area contributed by atoms with Crippen molar-refractivity contribution in [3.05, 3.63) is 77.4 Å². The summed E-state index contributed by atoms with van der Waals surface area (Å²) in [6.07, 6.45) is 0.790. The minimum absolute atomic E-state index is 0.211. The number of aromatic hydroxyl groups is 1. The molecule has 0 amide bonds. The van der Waals surface area contributed by atoms with E-state index in [1.165, 1.54) is 11.1 Å². The molecule has 0 bridgehead atoms. The monoisotopic (exact) mass is 424 g/mol. The molecule has 1 aliphatic rings. The van der Waals surface area contributed by atoms with Gasteiger partial charge in [0.1, 0.15) is 23.5 Å². The Hall–Kier alpha value is -3.79. The SMILES string of the molecule is COc1cc(C=O)ccc1-c1cc2c(O)cc3c(c2cc1OC)-c1ccccc1C3(C)C. The second-order valence-electron chi connectivity index (χ2n) is 8.66. The molecule has 0 aromatic heterocycles. The van der Waals surface area contributed by atoms with E-state index >= 15 is 0 Å². The van der Waals surface area contributed by atoms with Crippen molar-refractivity contribution in [1.29, 1.82) is 0 Å². The average molecular weight is 424 g/mol. The third kappa shape index (κ3) is 2.72. The van der Waals surface area contributed by atoms with Crippen molar-refractivity contribution in [2.45, 2.75) is 19.3 Å². The van der Waals surface area contributed by atoms with Crippen LogP contribution in [0.3, 0.4) is 0 Å². The highest BCUT2D eigenvalue weighted by molar-refractivity contribution is 6.07. The Kier molecular flexibility index (Phi) is 4.48. The van der Waals surface area contributed by atoms with Gasteiger partial charge in [-0.2, -0.15) is 0 Å². The number of carbonyl (C=O) groups is 1. The van der Waals surface area contributed by atoms with Crippen molar-refractivity contribution >= 4 is 17.1 Å². The van der Waals surface area contributed by atoms with E-state index in [0.717, 1.165) is 39.3 Å². The summed E-state index contributed by atoms with van der Waals surface area (Å²) in [7, 11) is 3.21. The molecule has 0 saturated heterocycles. The lowest BCUT2D eigenvalue weighted by molar-refractivity contribution is 0.112. The molecule has 0 unspecified atom stereocenters. The fraction of sp³-hybridized carbons (Fsp3) is 0.179. The molecule has 160 valence electrons. The molecule has 0 aliphatic heterocycles. The van der Waals surface area contributed by atoms with Crippen LogP contribution in [0, 0.1) is 0 Å². The lowest BCUT2D eigenvalue weighted by Gasteiger charge is -2.22. The Morgan fingerprint density at radius 2 is 1.50 bits per heavy atom. The number of hydrogen-bond donors (Lipinski definition) is 1. The Bertz CT molecular complexity index is 1400. The largest absolute Gasteiger partial charge is 0.507 e. The Labute approximate surface area is 187 Å². The topological polar surface area (TPSA) is 55.8 Å². The highest BCUT2D eigenvalue weighted by Gasteiger charge is 2.37. The van der Waals surface area contributed by atoms with E-state index in [0.29, 0.717) is 17.1 Å². The summed E-state index contributed by atoms with van der Waals surface area (Å²) in [5.74, 6) is 1.47. The van der Waals surface area contributed by atoms with Crippen LogP contribution in [0.4, 0.5) is 0 Å². The minimum atomic E-state index is -0.211. The molecule has 32 heavy (non-hydrogen) atoms. The zero-order chi connectivity index (χ0) is 22.6. The summed E-state index contributed by atoms with van der Waals surface area (Å²) < 4.78 is 11.4. The zero-order valence-electron chi connectivity index (χ0n) is 18.5. The first-order valence-corrected chi connectivity index (χ1v) is 10.5. The predicted octanol–water partition coefficient (Wildman–Crippen LogP) is 6.35. The van der Waals surface area contributed by atoms with Crippen molar-refractivity contribution in [2.24, 2.45) is 0 Å². The number of phenols is 1. The molecular weight excluding hydrogens is 400 g/mol. The number of carbonyl (C=O) groups excluding carboxylic acids is 1. The van der Waals surface area contributed by atoms with Gasteiger partial charge in [-0.15, -0.1) is 0 Å². The Balaban J connectivity index is 1.85. The second kappa shape index (κ2) is 7.13. The van der Waals surface area contributed by atoms with Crippen LogP contribution < -0.4 is 9.47 Å². The van der Waals surface area contributed by atoms with Gasteiger partial charge in [0, 0.05) is 27.5 Å². The highest BCUT2D eigenvalue weighted by atomic mass is 16.5. The van der Waals surface area contributed by atoms with Crippen LogP contribution >= 0.6 is 0 Å². The first kappa shape index (κ1) is 20.1. The summed E-state index contributed by atoms with van der Waals surface area (Å²) in [5, 5.41) is 12.8. The van der Waals surface area contributed by atoms with Crippen LogP contribution in [-0.2, 0) is 5.41 Å². The van der Waals surface area contributed by atoms with E-state index in [-0.39, 0.29) is 11.2 Å². The molecule has 0 fully saturated rings. The molecule has 4 nitrogen and oxygen atoms in total. The first-order chi connectivity index (χ1) is 15.4. The van der Waals surface area contributed by atoms with Crippen molar-refractivity contribution in [2.75, 3.05) is 14.2 Å². The number of fused-ring (bicyclic) bond motifs is 5. The normalized spacial score (nSPS) is 13.5. The van der Waals surface area contributed by atoms with Crippen LogP contribution in [0.1, 0.15) is 35.3 Å². The number of hydrogen-bond acceptors (Lipinski definition) is 4. The highest BCUT2D eigenvalue weighted by Crippen LogP contribution is 2.54. The smallest absolute Gasteiger partial charge is 0.150 e. The zero-order valence-corrected chi connectivity index (χ0v) is 18.5. The van der Waals surface area contributed by atoms with E-state index in [9.17, 15) is 9.90 Å². The first-order valence-electron chi connectivity index (χ1n) is 10.5. The summed E-state index contributed by atoms with van der Waals surface area (Å²) >= 11 is 0. The number of phenolic OH excluding ortho intramolecular Hbond substituents is 1. The van der Waals surface area contributed by atoms with Crippen LogP contribution in [-0.4, -0.2) is 25.6 Å². The fourth-order valence-electron chi connectivity index (χ4n) is 4.99. The number of rotatable bonds is 4. The van der Waals surface area contributed by atoms with Gasteiger partial charge in [-0.3, -0.25) is 4.79 Å². The van der Waals surface area contributed by atoms with Gasteiger partial charge in [0.2, 0.25) is 0 Å². The maximum atomic E-state index is 11.2. The van der Waals surface area contributed by atoms with Gasteiger partial charge in [0.25, 0.3) is 0 Å². The summed E-state index contributed by atoms with van der Waals surface area (Å²) in [6, 6.07) is 19.5. The van der Waals surface area contributed by atoms with Gasteiger partial charge < -0.3 is 14.6 Å². The molecule has 1 N–H and O–H groups in total. The molecule has 0 heterocycles. The molecule has 0 spiro atoms. The summed E-state index contributed by atoms with van der Waals surface area (Å²) in [5.41, 5.74) is 6.56. The maximum Gasteiger partial charge on any atom is 0.150 e. The minimum Gasteiger partial charge on any atom is -0.507 e. The number of methoxy groups -OCH3 is 2.